The Kier molecular flexibility index (Phi) is 9.69. The molecule has 0 aromatic rings. The maximum Gasteiger partial charge on any atom is 0.407 e. The Labute approximate surface area is 135 Å². The number of hydrogen-bond acceptors (Lipinski definition) is 4. The van der Waals surface area contributed by atoms with Crippen LogP contribution in [0.5, 0.6) is 0 Å². The Hall–Kier alpha value is -0.810. The molecule has 0 aromatic carbocycles. The fourth-order valence-electron chi connectivity index (χ4n) is 2.08. The van der Waals surface area contributed by atoms with Gasteiger partial charge in [0.2, 0.25) is 0 Å². The zero-order chi connectivity index (χ0) is 17.2. The molecule has 0 aromatic heterocycles. The Balaban J connectivity index is 4.46. The van der Waals surface area contributed by atoms with Crippen LogP contribution in [-0.2, 0) is 9.47 Å². The van der Waals surface area contributed by atoms with E-state index in [4.69, 9.17) is 9.47 Å². The standard InChI is InChI=1S/C17H35NO4/c1-7-8-10-21-11-9-17(13-19,14(2)3)12-18-15(20)22-16(4,5)6/h14,19H,7-13H2,1-6H3,(H,18,20). The Bertz CT molecular complexity index is 312. The normalized spacial score (nSPS) is 14.7. The van der Waals surface area contributed by atoms with Crippen LogP contribution >= 0.6 is 0 Å². The second kappa shape index (κ2) is 10.1. The van der Waals surface area contributed by atoms with Crippen molar-refractivity contribution in [1.82, 2.24) is 5.32 Å². The van der Waals surface area contributed by atoms with Crippen LogP contribution in [0.2, 0.25) is 0 Å². The molecule has 0 heterocycles. The van der Waals surface area contributed by atoms with E-state index in [1.54, 1.807) is 0 Å². The fraction of sp³-hybridized carbons (Fsp3) is 0.941. The first-order valence-electron chi connectivity index (χ1n) is 8.32. The van der Waals surface area contributed by atoms with Gasteiger partial charge in [-0.15, -0.1) is 0 Å². The molecule has 0 radical (unpaired) electrons. The van der Waals surface area contributed by atoms with E-state index >= 15 is 0 Å². The van der Waals surface area contributed by atoms with E-state index in [0.29, 0.717) is 19.6 Å². The van der Waals surface area contributed by atoms with Crippen molar-refractivity contribution in [3.8, 4) is 0 Å². The molecule has 0 bridgehead atoms. The third kappa shape index (κ3) is 8.59. The third-order valence-electron chi connectivity index (χ3n) is 3.91. The summed E-state index contributed by atoms with van der Waals surface area (Å²) >= 11 is 0. The molecule has 1 amide bonds. The van der Waals surface area contributed by atoms with Gasteiger partial charge < -0.3 is 19.9 Å². The number of alkyl carbamates (subject to hydrolysis) is 1. The van der Waals surface area contributed by atoms with Gasteiger partial charge >= 0.3 is 6.09 Å². The largest absolute Gasteiger partial charge is 0.444 e. The van der Waals surface area contributed by atoms with Gasteiger partial charge in [-0.1, -0.05) is 27.2 Å². The molecule has 0 aliphatic carbocycles. The molecule has 0 aliphatic rings. The van der Waals surface area contributed by atoms with Gasteiger partial charge in [0.15, 0.2) is 0 Å². The molecule has 0 saturated heterocycles. The van der Waals surface area contributed by atoms with Crippen molar-refractivity contribution in [2.45, 2.75) is 66.4 Å². The maximum atomic E-state index is 11.8. The first-order valence-corrected chi connectivity index (χ1v) is 8.32. The van der Waals surface area contributed by atoms with Gasteiger partial charge in [-0.3, -0.25) is 0 Å². The highest BCUT2D eigenvalue weighted by atomic mass is 16.6. The van der Waals surface area contributed by atoms with E-state index < -0.39 is 11.7 Å². The third-order valence-corrected chi connectivity index (χ3v) is 3.91. The van der Waals surface area contributed by atoms with E-state index in [0.717, 1.165) is 19.4 Å². The number of rotatable bonds is 10. The molecule has 1 atom stereocenters. The van der Waals surface area contributed by atoms with Gasteiger partial charge in [-0.2, -0.15) is 0 Å². The molecule has 0 rings (SSSR count). The summed E-state index contributed by atoms with van der Waals surface area (Å²) in [4.78, 5) is 11.8. The smallest absolute Gasteiger partial charge is 0.407 e. The minimum absolute atomic E-state index is 0.0115. The van der Waals surface area contributed by atoms with E-state index in [-0.39, 0.29) is 17.9 Å². The van der Waals surface area contributed by atoms with Gasteiger partial charge in [0, 0.05) is 25.2 Å². The summed E-state index contributed by atoms with van der Waals surface area (Å²) < 4.78 is 10.9. The quantitative estimate of drug-likeness (QED) is 0.606. The molecule has 5 nitrogen and oxygen atoms in total. The second-order valence-electron chi connectivity index (χ2n) is 7.25. The lowest BCUT2D eigenvalue weighted by atomic mass is 9.75. The summed E-state index contributed by atoms with van der Waals surface area (Å²) in [5.41, 5.74) is -0.907. The van der Waals surface area contributed by atoms with Crippen molar-refractivity contribution in [2.24, 2.45) is 11.3 Å². The molecule has 22 heavy (non-hydrogen) atoms. The zero-order valence-corrected chi connectivity index (χ0v) is 15.2. The van der Waals surface area contributed by atoms with Gasteiger partial charge in [-0.25, -0.2) is 4.79 Å². The first kappa shape index (κ1) is 21.2. The minimum Gasteiger partial charge on any atom is -0.444 e. The maximum absolute atomic E-state index is 11.8. The molecular formula is C17H35NO4. The number of carbonyl (C=O) groups is 1. The summed E-state index contributed by atoms with van der Waals surface area (Å²) in [6.45, 7) is 13.5. The van der Waals surface area contributed by atoms with Gasteiger partial charge in [-0.05, 0) is 39.5 Å². The van der Waals surface area contributed by atoms with Crippen molar-refractivity contribution in [3.63, 3.8) is 0 Å². The highest BCUT2D eigenvalue weighted by Gasteiger charge is 2.34. The summed E-state index contributed by atoms with van der Waals surface area (Å²) in [6, 6.07) is 0. The van der Waals surface area contributed by atoms with E-state index in [1.807, 2.05) is 20.8 Å². The number of ether oxygens (including phenoxy) is 2. The van der Waals surface area contributed by atoms with E-state index in [2.05, 4.69) is 26.1 Å². The van der Waals surface area contributed by atoms with Crippen molar-refractivity contribution in [1.29, 1.82) is 0 Å². The number of hydrogen-bond donors (Lipinski definition) is 2. The van der Waals surface area contributed by atoms with Crippen molar-refractivity contribution < 1.29 is 19.4 Å². The SMILES string of the molecule is CCCCOCCC(CO)(CNC(=O)OC(C)(C)C)C(C)C. The van der Waals surface area contributed by atoms with Gasteiger partial charge in [0.05, 0.1) is 6.61 Å². The van der Waals surface area contributed by atoms with Crippen LogP contribution in [-0.4, -0.2) is 43.2 Å². The predicted molar refractivity (Wildman–Crippen MR) is 88.9 cm³/mol. The predicted octanol–water partition coefficient (Wildman–Crippen LogP) is 3.35. The van der Waals surface area contributed by atoms with Crippen LogP contribution in [0.1, 0.15) is 60.8 Å². The van der Waals surface area contributed by atoms with Crippen molar-refractivity contribution >= 4 is 6.09 Å². The topological polar surface area (TPSA) is 67.8 Å². The Morgan fingerprint density at radius 1 is 1.23 bits per heavy atom. The highest BCUT2D eigenvalue weighted by Crippen LogP contribution is 2.30. The lowest BCUT2D eigenvalue weighted by Crippen LogP contribution is -2.45. The van der Waals surface area contributed by atoms with E-state index in [9.17, 15) is 9.90 Å². The van der Waals surface area contributed by atoms with Crippen LogP contribution in [0.25, 0.3) is 0 Å². The van der Waals surface area contributed by atoms with E-state index in [1.165, 1.54) is 0 Å². The number of amides is 1. The van der Waals surface area contributed by atoms with Crippen molar-refractivity contribution in [2.75, 3.05) is 26.4 Å². The first-order chi connectivity index (χ1) is 10.2. The van der Waals surface area contributed by atoms with Crippen LogP contribution in [0, 0.1) is 11.3 Å². The molecular weight excluding hydrogens is 282 g/mol. The van der Waals surface area contributed by atoms with Crippen LogP contribution < -0.4 is 5.32 Å². The summed E-state index contributed by atoms with van der Waals surface area (Å²) in [5.74, 6) is 0.224. The molecule has 0 fully saturated rings. The number of nitrogens with one attached hydrogen (secondary N) is 1. The zero-order valence-electron chi connectivity index (χ0n) is 15.2. The number of carbonyl (C=O) groups excluding carboxylic acids is 1. The number of aliphatic hydroxyl groups excluding tert-OH is 1. The average molecular weight is 317 g/mol. The summed E-state index contributed by atoms with van der Waals surface area (Å²) in [7, 11) is 0. The monoisotopic (exact) mass is 317 g/mol. The average Bonchev–Trinajstić information content (AvgIpc) is 2.40. The Morgan fingerprint density at radius 3 is 2.32 bits per heavy atom. The molecule has 2 N–H and O–H groups in total. The van der Waals surface area contributed by atoms with Gasteiger partial charge in [0.25, 0.3) is 0 Å². The molecule has 0 saturated carbocycles. The second-order valence-corrected chi connectivity index (χ2v) is 7.25. The summed E-state index contributed by atoms with van der Waals surface area (Å²) in [6.07, 6.45) is 2.41. The molecule has 0 spiro atoms. The van der Waals surface area contributed by atoms with Crippen LogP contribution in [0.4, 0.5) is 4.79 Å². The number of unbranched alkanes of at least 4 members (excludes halogenated alkanes) is 1. The Morgan fingerprint density at radius 2 is 1.86 bits per heavy atom. The number of aliphatic hydroxyl groups is 1. The molecule has 0 aliphatic heterocycles. The van der Waals surface area contributed by atoms with Crippen LogP contribution in [0.15, 0.2) is 0 Å². The highest BCUT2D eigenvalue weighted by molar-refractivity contribution is 5.67. The molecule has 132 valence electrons. The minimum atomic E-state index is -0.521. The lowest BCUT2D eigenvalue weighted by molar-refractivity contribution is 0.0172. The van der Waals surface area contributed by atoms with Crippen LogP contribution in [0.3, 0.4) is 0 Å². The lowest BCUT2D eigenvalue weighted by Gasteiger charge is -2.36. The van der Waals surface area contributed by atoms with Crippen molar-refractivity contribution in [3.05, 3.63) is 0 Å². The molecule has 1 unspecified atom stereocenters. The van der Waals surface area contributed by atoms with Gasteiger partial charge in [0.1, 0.15) is 5.60 Å². The molecule has 5 heteroatoms. The summed E-state index contributed by atoms with van der Waals surface area (Å²) in [5, 5.41) is 12.6. The fourth-order valence-corrected chi connectivity index (χ4v) is 2.08.